The number of halogens is 2. The first-order valence-corrected chi connectivity index (χ1v) is 7.54. The molecule has 2 rings (SSSR count). The van der Waals surface area contributed by atoms with Crippen molar-refractivity contribution < 1.29 is 13.9 Å². The van der Waals surface area contributed by atoms with Crippen LogP contribution >= 0.6 is 0 Å². The van der Waals surface area contributed by atoms with Gasteiger partial charge in [-0.3, -0.25) is 0 Å². The molecular weight excluding hydrogens is 274 g/mol. The van der Waals surface area contributed by atoms with Crippen molar-refractivity contribution in [2.24, 2.45) is 5.92 Å². The van der Waals surface area contributed by atoms with Crippen LogP contribution in [-0.2, 0) is 0 Å². The van der Waals surface area contributed by atoms with Gasteiger partial charge in [0.15, 0.2) is 11.6 Å². The van der Waals surface area contributed by atoms with Crippen LogP contribution in [0.25, 0.3) is 0 Å². The Morgan fingerprint density at radius 1 is 1.43 bits per heavy atom. The van der Waals surface area contributed by atoms with E-state index in [0.717, 1.165) is 32.1 Å². The average molecular weight is 298 g/mol. The van der Waals surface area contributed by atoms with Crippen molar-refractivity contribution in [1.29, 1.82) is 0 Å². The van der Waals surface area contributed by atoms with E-state index in [4.69, 9.17) is 0 Å². The van der Waals surface area contributed by atoms with Gasteiger partial charge in [0.05, 0.1) is 6.10 Å². The molecule has 1 fully saturated rings. The summed E-state index contributed by atoms with van der Waals surface area (Å²) in [4.78, 5) is 2.28. The maximum Gasteiger partial charge on any atom is 0.163 e. The molecule has 1 saturated heterocycles. The molecule has 1 aromatic rings. The number of rotatable bonds is 6. The second kappa shape index (κ2) is 7.29. The largest absolute Gasteiger partial charge is 0.393 e. The van der Waals surface area contributed by atoms with Crippen molar-refractivity contribution >= 4 is 0 Å². The van der Waals surface area contributed by atoms with E-state index in [9.17, 15) is 13.9 Å². The maximum absolute atomic E-state index is 13.8. The van der Waals surface area contributed by atoms with Gasteiger partial charge in [-0.2, -0.15) is 0 Å². The van der Waals surface area contributed by atoms with Gasteiger partial charge in [-0.05, 0) is 51.9 Å². The van der Waals surface area contributed by atoms with Crippen LogP contribution in [0.3, 0.4) is 0 Å². The van der Waals surface area contributed by atoms with Gasteiger partial charge < -0.3 is 15.3 Å². The van der Waals surface area contributed by atoms with Crippen LogP contribution in [0, 0.1) is 17.6 Å². The van der Waals surface area contributed by atoms with Gasteiger partial charge in [-0.1, -0.05) is 12.1 Å². The van der Waals surface area contributed by atoms with Crippen molar-refractivity contribution in [3.8, 4) is 0 Å². The molecule has 1 aliphatic rings. The summed E-state index contributed by atoms with van der Waals surface area (Å²) in [5.74, 6) is -1.24. The van der Waals surface area contributed by atoms with Crippen molar-refractivity contribution in [2.45, 2.75) is 31.9 Å². The molecule has 1 heterocycles. The first-order valence-electron chi connectivity index (χ1n) is 7.54. The lowest BCUT2D eigenvalue weighted by molar-refractivity contribution is 0.127. The fourth-order valence-electron chi connectivity index (χ4n) is 3.02. The van der Waals surface area contributed by atoms with E-state index in [0.29, 0.717) is 17.9 Å². The first kappa shape index (κ1) is 16.3. The molecule has 1 aliphatic heterocycles. The average Bonchev–Trinajstić information content (AvgIpc) is 2.93. The zero-order chi connectivity index (χ0) is 15.4. The Hall–Kier alpha value is -1.04. The highest BCUT2D eigenvalue weighted by molar-refractivity contribution is 5.22. The van der Waals surface area contributed by atoms with Crippen molar-refractivity contribution in [3.63, 3.8) is 0 Å². The molecular formula is C16H24F2N2O. The minimum atomic E-state index is -0.803. The standard InChI is InChI=1S/C16H24F2N2O/c1-11(21)12-6-8-20(10-12)9-7-15(19-2)13-4-3-5-14(17)16(13)18/h3-5,11-12,15,19,21H,6-10H2,1-2H3. The molecule has 0 radical (unpaired) electrons. The number of hydrogen-bond donors (Lipinski definition) is 2. The minimum absolute atomic E-state index is 0.203. The molecule has 0 aromatic heterocycles. The van der Waals surface area contributed by atoms with Crippen molar-refractivity contribution in [3.05, 3.63) is 35.4 Å². The summed E-state index contributed by atoms with van der Waals surface area (Å²) in [5.41, 5.74) is 0.378. The van der Waals surface area contributed by atoms with Gasteiger partial charge in [-0.15, -0.1) is 0 Å². The van der Waals surface area contributed by atoms with E-state index in [1.807, 2.05) is 6.92 Å². The number of hydrogen-bond acceptors (Lipinski definition) is 3. The third kappa shape index (κ3) is 3.99. The van der Waals surface area contributed by atoms with Crippen LogP contribution in [0.2, 0.25) is 0 Å². The molecule has 3 unspecified atom stereocenters. The van der Waals surface area contributed by atoms with Gasteiger partial charge in [0.1, 0.15) is 0 Å². The third-order valence-electron chi connectivity index (χ3n) is 4.43. The molecule has 0 spiro atoms. The van der Waals surface area contributed by atoms with E-state index < -0.39 is 11.6 Å². The van der Waals surface area contributed by atoms with E-state index >= 15 is 0 Å². The summed E-state index contributed by atoms with van der Waals surface area (Å²) in [7, 11) is 1.76. The highest BCUT2D eigenvalue weighted by atomic mass is 19.2. The Bertz CT molecular complexity index is 468. The Morgan fingerprint density at radius 3 is 2.81 bits per heavy atom. The number of nitrogens with zero attached hydrogens (tertiary/aromatic N) is 1. The normalized spacial score (nSPS) is 22.4. The van der Waals surface area contributed by atoms with Crippen LogP contribution in [0.4, 0.5) is 8.78 Å². The van der Waals surface area contributed by atoms with Crippen molar-refractivity contribution in [2.75, 3.05) is 26.7 Å². The van der Waals surface area contributed by atoms with Gasteiger partial charge in [0, 0.05) is 18.2 Å². The smallest absolute Gasteiger partial charge is 0.163 e. The summed E-state index contributed by atoms with van der Waals surface area (Å²) >= 11 is 0. The van der Waals surface area contributed by atoms with Crippen molar-refractivity contribution in [1.82, 2.24) is 10.2 Å². The second-order valence-corrected chi connectivity index (χ2v) is 5.86. The minimum Gasteiger partial charge on any atom is -0.393 e. The summed E-state index contributed by atoms with van der Waals surface area (Å²) < 4.78 is 27.2. The summed E-state index contributed by atoms with van der Waals surface area (Å²) in [5, 5.41) is 12.7. The second-order valence-electron chi connectivity index (χ2n) is 5.86. The molecule has 21 heavy (non-hydrogen) atoms. The molecule has 5 heteroatoms. The van der Waals surface area contributed by atoms with Crippen LogP contribution < -0.4 is 5.32 Å². The first-order chi connectivity index (χ1) is 10.0. The lowest BCUT2D eigenvalue weighted by Crippen LogP contribution is -2.28. The fraction of sp³-hybridized carbons (Fsp3) is 0.625. The molecule has 3 nitrogen and oxygen atoms in total. The van der Waals surface area contributed by atoms with Crippen LogP contribution in [0.15, 0.2) is 18.2 Å². The van der Waals surface area contributed by atoms with Gasteiger partial charge in [0.25, 0.3) is 0 Å². The molecule has 3 atom stereocenters. The summed E-state index contributed by atoms with van der Waals surface area (Å²) in [6, 6.07) is 4.10. The Labute approximate surface area is 125 Å². The predicted molar refractivity (Wildman–Crippen MR) is 79.0 cm³/mol. The Balaban J connectivity index is 1.93. The molecule has 0 aliphatic carbocycles. The Morgan fingerprint density at radius 2 is 2.19 bits per heavy atom. The molecule has 118 valence electrons. The molecule has 0 bridgehead atoms. The lowest BCUT2D eigenvalue weighted by Gasteiger charge is -2.22. The highest BCUT2D eigenvalue weighted by Gasteiger charge is 2.26. The summed E-state index contributed by atoms with van der Waals surface area (Å²) in [6.07, 6.45) is 1.43. The molecule has 0 saturated carbocycles. The topological polar surface area (TPSA) is 35.5 Å². The van der Waals surface area contributed by atoms with Gasteiger partial charge >= 0.3 is 0 Å². The van der Waals surface area contributed by atoms with Crippen LogP contribution in [-0.4, -0.2) is 42.8 Å². The lowest BCUT2D eigenvalue weighted by atomic mass is 10.0. The zero-order valence-corrected chi connectivity index (χ0v) is 12.6. The van der Waals surface area contributed by atoms with Crippen LogP contribution in [0.5, 0.6) is 0 Å². The molecule has 0 amide bonds. The zero-order valence-electron chi connectivity index (χ0n) is 12.6. The SMILES string of the molecule is CNC(CCN1CCC(C(C)O)C1)c1cccc(F)c1F. The number of aliphatic hydroxyl groups excluding tert-OH is 1. The third-order valence-corrected chi connectivity index (χ3v) is 4.43. The summed E-state index contributed by atoms with van der Waals surface area (Å²) in [6.45, 7) is 4.47. The van der Waals surface area contributed by atoms with Gasteiger partial charge in [-0.25, -0.2) is 8.78 Å². The van der Waals surface area contributed by atoms with Crippen LogP contribution in [0.1, 0.15) is 31.4 Å². The number of aliphatic hydroxyl groups is 1. The monoisotopic (exact) mass is 298 g/mol. The van der Waals surface area contributed by atoms with E-state index in [1.54, 1.807) is 13.1 Å². The Kier molecular flexibility index (Phi) is 5.67. The van der Waals surface area contributed by atoms with E-state index in [2.05, 4.69) is 10.2 Å². The highest BCUT2D eigenvalue weighted by Crippen LogP contribution is 2.24. The quantitative estimate of drug-likeness (QED) is 0.846. The number of nitrogens with one attached hydrogen (secondary N) is 1. The maximum atomic E-state index is 13.8. The van der Waals surface area contributed by atoms with E-state index in [1.165, 1.54) is 6.07 Å². The number of benzene rings is 1. The molecule has 2 N–H and O–H groups in total. The predicted octanol–water partition coefficient (Wildman–Crippen LogP) is 2.32. The number of likely N-dealkylation sites (tertiary alicyclic amines) is 1. The molecule has 1 aromatic carbocycles. The van der Waals surface area contributed by atoms with Gasteiger partial charge in [0.2, 0.25) is 0 Å². The fourth-order valence-corrected chi connectivity index (χ4v) is 3.02. The van der Waals surface area contributed by atoms with E-state index in [-0.39, 0.29) is 12.1 Å².